The molecule has 5 nitrogen and oxygen atoms in total. The Morgan fingerprint density at radius 2 is 2.17 bits per heavy atom. The monoisotopic (exact) mass is 244 g/mol. The normalized spacial score (nSPS) is 10.6. The molecule has 5 heteroatoms. The minimum atomic E-state index is -0.114. The number of benzene rings is 1. The third kappa shape index (κ3) is 2.56. The van der Waals surface area contributed by atoms with Crippen LogP contribution in [0.5, 0.6) is 0 Å². The average Bonchev–Trinajstić information content (AvgIpc) is 2.30. The molecule has 0 saturated heterocycles. The van der Waals surface area contributed by atoms with Gasteiger partial charge in [-0.15, -0.1) is 0 Å². The molecule has 94 valence electrons. The molecule has 0 unspecified atom stereocenters. The summed E-state index contributed by atoms with van der Waals surface area (Å²) in [6.45, 7) is 3.54. The summed E-state index contributed by atoms with van der Waals surface area (Å²) >= 11 is 0. The van der Waals surface area contributed by atoms with Crippen LogP contribution in [0.3, 0.4) is 0 Å². The highest BCUT2D eigenvalue weighted by molar-refractivity contribution is 5.95. The molecule has 0 aliphatic heterocycles. The van der Waals surface area contributed by atoms with Crippen LogP contribution in [0.25, 0.3) is 10.9 Å². The quantitative estimate of drug-likeness (QED) is 0.866. The molecule has 0 bridgehead atoms. The van der Waals surface area contributed by atoms with E-state index in [1.54, 1.807) is 6.07 Å². The second kappa shape index (κ2) is 5.00. The molecule has 18 heavy (non-hydrogen) atoms. The second-order valence-corrected chi connectivity index (χ2v) is 4.19. The fraction of sp³-hybridized carbons (Fsp3) is 0.308. The zero-order chi connectivity index (χ0) is 13.1. The number of nitrogen functional groups attached to an aromatic ring is 1. The molecule has 0 saturated carbocycles. The number of carbonyl (C=O) groups is 1. The van der Waals surface area contributed by atoms with Crippen molar-refractivity contribution in [3.05, 3.63) is 24.0 Å². The third-order valence-electron chi connectivity index (χ3n) is 2.57. The summed E-state index contributed by atoms with van der Waals surface area (Å²) in [6.07, 6.45) is 1.79. The topological polar surface area (TPSA) is 80.9 Å². The predicted octanol–water partition coefficient (Wildman–Crippen LogP) is 2.12. The van der Waals surface area contributed by atoms with Gasteiger partial charge in [0.25, 0.3) is 0 Å². The van der Waals surface area contributed by atoms with Gasteiger partial charge in [0.2, 0.25) is 5.91 Å². The SMILES string of the molecule is CCCc1nc(N)c2cc(NC(C)=O)ccc2n1. The van der Waals surface area contributed by atoms with Crippen molar-refractivity contribution < 1.29 is 4.79 Å². The van der Waals surface area contributed by atoms with E-state index in [2.05, 4.69) is 22.2 Å². The van der Waals surface area contributed by atoms with E-state index in [9.17, 15) is 4.79 Å². The summed E-state index contributed by atoms with van der Waals surface area (Å²) in [5.74, 6) is 1.10. The van der Waals surface area contributed by atoms with Crippen molar-refractivity contribution in [2.45, 2.75) is 26.7 Å². The number of rotatable bonds is 3. The molecular weight excluding hydrogens is 228 g/mol. The largest absolute Gasteiger partial charge is 0.383 e. The molecule has 1 aromatic carbocycles. The zero-order valence-electron chi connectivity index (χ0n) is 10.5. The van der Waals surface area contributed by atoms with Crippen molar-refractivity contribution in [2.24, 2.45) is 0 Å². The van der Waals surface area contributed by atoms with Gasteiger partial charge in [-0.2, -0.15) is 0 Å². The summed E-state index contributed by atoms with van der Waals surface area (Å²) in [4.78, 5) is 19.7. The number of hydrogen-bond donors (Lipinski definition) is 2. The van der Waals surface area contributed by atoms with E-state index < -0.39 is 0 Å². The average molecular weight is 244 g/mol. The lowest BCUT2D eigenvalue weighted by Gasteiger charge is -2.07. The molecule has 3 N–H and O–H groups in total. The summed E-state index contributed by atoms with van der Waals surface area (Å²) in [5, 5.41) is 3.48. The van der Waals surface area contributed by atoms with Gasteiger partial charge in [-0.1, -0.05) is 6.92 Å². The van der Waals surface area contributed by atoms with E-state index in [0.29, 0.717) is 11.5 Å². The molecule has 0 radical (unpaired) electrons. The minimum absolute atomic E-state index is 0.114. The Labute approximate surface area is 105 Å². The number of hydrogen-bond acceptors (Lipinski definition) is 4. The highest BCUT2D eigenvalue weighted by Gasteiger charge is 2.06. The maximum atomic E-state index is 11.0. The molecule has 0 spiro atoms. The van der Waals surface area contributed by atoms with Crippen LogP contribution in [0.1, 0.15) is 26.1 Å². The van der Waals surface area contributed by atoms with Crippen molar-refractivity contribution in [3.8, 4) is 0 Å². The van der Waals surface area contributed by atoms with E-state index in [1.807, 2.05) is 12.1 Å². The highest BCUT2D eigenvalue weighted by Crippen LogP contribution is 2.22. The van der Waals surface area contributed by atoms with E-state index in [4.69, 9.17) is 5.73 Å². The Morgan fingerprint density at radius 3 is 2.83 bits per heavy atom. The van der Waals surface area contributed by atoms with Crippen molar-refractivity contribution in [3.63, 3.8) is 0 Å². The highest BCUT2D eigenvalue weighted by atomic mass is 16.1. The lowest BCUT2D eigenvalue weighted by molar-refractivity contribution is -0.114. The Bertz CT molecular complexity index is 595. The van der Waals surface area contributed by atoms with Crippen LogP contribution in [0.4, 0.5) is 11.5 Å². The summed E-state index contributed by atoms with van der Waals surface area (Å²) in [5.41, 5.74) is 7.43. The van der Waals surface area contributed by atoms with Crippen LogP contribution in [-0.4, -0.2) is 15.9 Å². The van der Waals surface area contributed by atoms with E-state index in [-0.39, 0.29) is 5.91 Å². The fourth-order valence-electron chi connectivity index (χ4n) is 1.82. The second-order valence-electron chi connectivity index (χ2n) is 4.19. The lowest BCUT2D eigenvalue weighted by atomic mass is 10.2. The van der Waals surface area contributed by atoms with Gasteiger partial charge in [0.15, 0.2) is 0 Å². The Balaban J connectivity index is 2.47. The molecule has 0 aliphatic rings. The molecule has 1 aromatic heterocycles. The van der Waals surface area contributed by atoms with Crippen LogP contribution in [0, 0.1) is 0 Å². The first-order valence-corrected chi connectivity index (χ1v) is 5.94. The first kappa shape index (κ1) is 12.3. The minimum Gasteiger partial charge on any atom is -0.383 e. The number of amides is 1. The molecular formula is C13H16N4O. The Kier molecular flexibility index (Phi) is 3.41. The van der Waals surface area contributed by atoms with Gasteiger partial charge in [-0.05, 0) is 24.6 Å². The smallest absolute Gasteiger partial charge is 0.221 e. The molecule has 1 amide bonds. The van der Waals surface area contributed by atoms with Crippen molar-refractivity contribution in [1.82, 2.24) is 9.97 Å². The van der Waals surface area contributed by atoms with Crippen LogP contribution < -0.4 is 11.1 Å². The number of fused-ring (bicyclic) bond motifs is 1. The fourth-order valence-corrected chi connectivity index (χ4v) is 1.82. The van der Waals surface area contributed by atoms with Gasteiger partial charge in [-0.25, -0.2) is 9.97 Å². The number of aromatic nitrogens is 2. The number of carbonyl (C=O) groups excluding carboxylic acids is 1. The van der Waals surface area contributed by atoms with Crippen molar-refractivity contribution in [2.75, 3.05) is 11.1 Å². The first-order chi connectivity index (χ1) is 8.60. The van der Waals surface area contributed by atoms with Crippen molar-refractivity contribution in [1.29, 1.82) is 0 Å². The maximum absolute atomic E-state index is 11.0. The molecule has 0 aliphatic carbocycles. The van der Waals surface area contributed by atoms with Gasteiger partial charge < -0.3 is 11.1 Å². The predicted molar refractivity (Wildman–Crippen MR) is 72.2 cm³/mol. The van der Waals surface area contributed by atoms with Crippen LogP contribution in [-0.2, 0) is 11.2 Å². The zero-order valence-corrected chi connectivity index (χ0v) is 10.5. The van der Waals surface area contributed by atoms with E-state index in [1.165, 1.54) is 6.92 Å². The third-order valence-corrected chi connectivity index (χ3v) is 2.57. The molecule has 2 rings (SSSR count). The van der Waals surface area contributed by atoms with Gasteiger partial charge in [-0.3, -0.25) is 4.79 Å². The number of anilines is 2. The van der Waals surface area contributed by atoms with Gasteiger partial charge in [0.05, 0.1) is 5.52 Å². The first-order valence-electron chi connectivity index (χ1n) is 5.94. The molecule has 1 heterocycles. The molecule has 0 fully saturated rings. The van der Waals surface area contributed by atoms with E-state index >= 15 is 0 Å². The number of nitrogens with zero attached hydrogens (tertiary/aromatic N) is 2. The van der Waals surface area contributed by atoms with E-state index in [0.717, 1.165) is 29.6 Å². The summed E-state index contributed by atoms with van der Waals surface area (Å²) in [6, 6.07) is 5.45. The standard InChI is InChI=1S/C13H16N4O/c1-3-4-12-16-11-6-5-9(15-8(2)18)7-10(11)13(14)17-12/h5-7H,3-4H2,1-2H3,(H,15,18)(H2,14,16,17). The van der Waals surface area contributed by atoms with Crippen LogP contribution in [0.15, 0.2) is 18.2 Å². The van der Waals surface area contributed by atoms with Gasteiger partial charge in [0.1, 0.15) is 11.6 Å². The van der Waals surface area contributed by atoms with Crippen molar-refractivity contribution >= 4 is 28.3 Å². The Hall–Kier alpha value is -2.17. The maximum Gasteiger partial charge on any atom is 0.221 e. The van der Waals surface area contributed by atoms with Crippen LogP contribution in [0.2, 0.25) is 0 Å². The van der Waals surface area contributed by atoms with Gasteiger partial charge >= 0.3 is 0 Å². The number of nitrogens with one attached hydrogen (secondary N) is 1. The number of aryl methyl sites for hydroxylation is 1. The van der Waals surface area contributed by atoms with Gasteiger partial charge in [0, 0.05) is 24.4 Å². The Morgan fingerprint density at radius 1 is 1.39 bits per heavy atom. The van der Waals surface area contributed by atoms with Crippen LogP contribution >= 0.6 is 0 Å². The number of nitrogens with two attached hydrogens (primary N) is 1. The molecule has 0 atom stereocenters. The summed E-state index contributed by atoms with van der Waals surface area (Å²) in [7, 11) is 0. The summed E-state index contributed by atoms with van der Waals surface area (Å²) < 4.78 is 0. The lowest BCUT2D eigenvalue weighted by Crippen LogP contribution is -2.06. The molecule has 2 aromatic rings.